The first-order valence-corrected chi connectivity index (χ1v) is 8.65. The lowest BCUT2D eigenvalue weighted by Gasteiger charge is -2.31. The molecule has 1 aliphatic carbocycles. The van der Waals surface area contributed by atoms with Crippen LogP contribution in [0, 0.1) is 11.8 Å². The van der Waals surface area contributed by atoms with Crippen molar-refractivity contribution < 1.29 is 4.79 Å². The Bertz CT molecular complexity index is 366. The Morgan fingerprint density at radius 2 is 1.95 bits per heavy atom. The molecule has 128 valence electrons. The molecule has 2 unspecified atom stereocenters. The summed E-state index contributed by atoms with van der Waals surface area (Å²) in [7, 11) is 3.53. The average Bonchev–Trinajstić information content (AvgIpc) is 2.45. The Morgan fingerprint density at radius 1 is 1.27 bits per heavy atom. The molecule has 1 saturated carbocycles. The van der Waals surface area contributed by atoms with Crippen molar-refractivity contribution in [2.45, 2.75) is 58.9 Å². The topological polar surface area (TPSA) is 56.7 Å². The number of hydrogen-bond acceptors (Lipinski definition) is 2. The third-order valence-electron chi connectivity index (χ3n) is 4.32. The van der Waals surface area contributed by atoms with Crippen molar-refractivity contribution in [1.82, 2.24) is 15.5 Å². The van der Waals surface area contributed by atoms with Gasteiger partial charge in [-0.2, -0.15) is 0 Å². The van der Waals surface area contributed by atoms with E-state index >= 15 is 0 Å². The van der Waals surface area contributed by atoms with E-state index < -0.39 is 0 Å². The van der Waals surface area contributed by atoms with Gasteiger partial charge in [-0.15, -0.1) is 0 Å². The molecule has 1 rings (SSSR count). The maximum absolute atomic E-state index is 11.7. The molecule has 1 fully saturated rings. The Hall–Kier alpha value is -1.26. The molecule has 0 radical (unpaired) electrons. The first-order valence-electron chi connectivity index (χ1n) is 8.65. The van der Waals surface area contributed by atoms with Crippen molar-refractivity contribution in [3.8, 4) is 0 Å². The number of nitrogens with one attached hydrogen (secondary N) is 2. The number of carbonyl (C=O) groups excluding carboxylic acids is 1. The molecular weight excluding hydrogens is 276 g/mol. The fourth-order valence-electron chi connectivity index (χ4n) is 2.63. The Morgan fingerprint density at radius 3 is 2.55 bits per heavy atom. The molecule has 0 aromatic rings. The number of amides is 1. The van der Waals surface area contributed by atoms with Gasteiger partial charge < -0.3 is 15.5 Å². The van der Waals surface area contributed by atoms with E-state index in [0.29, 0.717) is 17.9 Å². The fraction of sp³-hybridized carbons (Fsp3) is 0.882. The van der Waals surface area contributed by atoms with Gasteiger partial charge in [0.25, 0.3) is 0 Å². The maximum atomic E-state index is 11.7. The van der Waals surface area contributed by atoms with E-state index in [9.17, 15) is 4.79 Å². The van der Waals surface area contributed by atoms with Crippen LogP contribution in [0.5, 0.6) is 0 Å². The molecule has 0 aromatic carbocycles. The van der Waals surface area contributed by atoms with Crippen LogP contribution >= 0.6 is 0 Å². The van der Waals surface area contributed by atoms with Gasteiger partial charge in [-0.25, -0.2) is 4.99 Å². The molecule has 0 aliphatic heterocycles. The summed E-state index contributed by atoms with van der Waals surface area (Å²) in [6.07, 6.45) is 6.16. The smallest absolute Gasteiger partial charge is 0.243 e. The first kappa shape index (κ1) is 18.8. The van der Waals surface area contributed by atoms with Gasteiger partial charge in [0.1, 0.15) is 6.54 Å². The van der Waals surface area contributed by atoms with Gasteiger partial charge >= 0.3 is 0 Å². The number of nitrogens with zero attached hydrogens (tertiary/aromatic N) is 2. The fourth-order valence-corrected chi connectivity index (χ4v) is 2.63. The highest BCUT2D eigenvalue weighted by Crippen LogP contribution is 2.23. The molecule has 2 N–H and O–H groups in total. The molecule has 1 amide bonds. The molecule has 0 heterocycles. The SMILES string of the molecule is CC(C)CCNC(=NCC(=O)N(C)C)NC1CCCCC1C. The standard InChI is InChI=1S/C17H34N4O/c1-13(2)10-11-18-17(19-12-16(22)21(4)5)20-15-9-7-6-8-14(15)3/h13-15H,6-12H2,1-5H3,(H2,18,19,20). The zero-order valence-corrected chi connectivity index (χ0v) is 15.0. The summed E-state index contributed by atoms with van der Waals surface area (Å²) >= 11 is 0. The second-order valence-corrected chi connectivity index (χ2v) is 7.07. The lowest BCUT2D eigenvalue weighted by atomic mass is 9.86. The molecule has 0 aromatic heterocycles. The maximum Gasteiger partial charge on any atom is 0.243 e. The van der Waals surface area contributed by atoms with E-state index in [1.165, 1.54) is 25.7 Å². The van der Waals surface area contributed by atoms with Gasteiger partial charge in [0.2, 0.25) is 5.91 Å². The summed E-state index contributed by atoms with van der Waals surface area (Å²) in [5, 5.41) is 6.92. The van der Waals surface area contributed by atoms with Gasteiger partial charge in [0.15, 0.2) is 5.96 Å². The quantitative estimate of drug-likeness (QED) is 0.584. The molecule has 22 heavy (non-hydrogen) atoms. The number of hydrogen-bond donors (Lipinski definition) is 2. The minimum atomic E-state index is 0.0293. The summed E-state index contributed by atoms with van der Waals surface area (Å²) in [5.74, 6) is 2.14. The van der Waals surface area contributed by atoms with Gasteiger partial charge in [0, 0.05) is 26.7 Å². The van der Waals surface area contributed by atoms with Crippen LogP contribution in [0.25, 0.3) is 0 Å². The average molecular weight is 310 g/mol. The van der Waals surface area contributed by atoms with E-state index in [-0.39, 0.29) is 12.5 Å². The molecular formula is C17H34N4O. The monoisotopic (exact) mass is 310 g/mol. The van der Waals surface area contributed by atoms with Gasteiger partial charge in [0.05, 0.1) is 0 Å². The van der Waals surface area contributed by atoms with Crippen LogP contribution in [0.4, 0.5) is 0 Å². The number of rotatable bonds is 6. The van der Waals surface area contributed by atoms with Crippen LogP contribution in [0.1, 0.15) is 52.9 Å². The molecule has 0 saturated heterocycles. The molecule has 0 bridgehead atoms. The zero-order valence-electron chi connectivity index (χ0n) is 15.0. The third kappa shape index (κ3) is 7.14. The largest absolute Gasteiger partial charge is 0.356 e. The Labute approximate surface area is 135 Å². The first-order chi connectivity index (χ1) is 10.4. The van der Waals surface area contributed by atoms with E-state index in [4.69, 9.17) is 0 Å². The number of likely N-dealkylation sites (N-methyl/N-ethyl adjacent to an activating group) is 1. The van der Waals surface area contributed by atoms with E-state index in [2.05, 4.69) is 36.4 Å². The van der Waals surface area contributed by atoms with Crippen LogP contribution in [0.2, 0.25) is 0 Å². The lowest BCUT2D eigenvalue weighted by molar-refractivity contribution is -0.127. The van der Waals surface area contributed by atoms with E-state index in [1.807, 2.05) is 0 Å². The summed E-state index contributed by atoms with van der Waals surface area (Å²) in [6, 6.07) is 0.466. The van der Waals surface area contributed by atoms with Crippen LogP contribution in [0.3, 0.4) is 0 Å². The molecule has 2 atom stereocenters. The molecule has 5 heteroatoms. The van der Waals surface area contributed by atoms with Crippen LogP contribution in [-0.2, 0) is 4.79 Å². The predicted molar refractivity (Wildman–Crippen MR) is 93.0 cm³/mol. The summed E-state index contributed by atoms with van der Waals surface area (Å²) in [4.78, 5) is 17.8. The highest BCUT2D eigenvalue weighted by atomic mass is 16.2. The van der Waals surface area contributed by atoms with Crippen molar-refractivity contribution in [1.29, 1.82) is 0 Å². The van der Waals surface area contributed by atoms with E-state index in [0.717, 1.165) is 18.9 Å². The van der Waals surface area contributed by atoms with Crippen molar-refractivity contribution >= 4 is 11.9 Å². The zero-order chi connectivity index (χ0) is 16.5. The third-order valence-corrected chi connectivity index (χ3v) is 4.32. The van der Waals surface area contributed by atoms with Gasteiger partial charge in [-0.1, -0.05) is 33.6 Å². The lowest BCUT2D eigenvalue weighted by Crippen LogP contribution is -2.48. The number of guanidine groups is 1. The van der Waals surface area contributed by atoms with Crippen LogP contribution in [-0.4, -0.2) is 50.0 Å². The molecule has 5 nitrogen and oxygen atoms in total. The normalized spacial score (nSPS) is 22.5. The minimum Gasteiger partial charge on any atom is -0.356 e. The van der Waals surface area contributed by atoms with Crippen molar-refractivity contribution in [2.24, 2.45) is 16.8 Å². The number of aliphatic imine (C=N–C) groups is 1. The Kier molecular flexibility index (Phi) is 8.28. The van der Waals surface area contributed by atoms with Crippen molar-refractivity contribution in [3.05, 3.63) is 0 Å². The van der Waals surface area contributed by atoms with Gasteiger partial charge in [-0.05, 0) is 31.1 Å². The number of carbonyl (C=O) groups is 1. The van der Waals surface area contributed by atoms with E-state index in [1.54, 1.807) is 19.0 Å². The summed E-state index contributed by atoms with van der Waals surface area (Å²) in [6.45, 7) is 7.81. The van der Waals surface area contributed by atoms with Crippen molar-refractivity contribution in [3.63, 3.8) is 0 Å². The Balaban J connectivity index is 2.59. The summed E-state index contributed by atoms with van der Waals surface area (Å²) < 4.78 is 0. The predicted octanol–water partition coefficient (Wildman–Crippen LogP) is 2.23. The van der Waals surface area contributed by atoms with Crippen LogP contribution < -0.4 is 10.6 Å². The second kappa shape index (κ2) is 9.70. The minimum absolute atomic E-state index is 0.0293. The van der Waals surface area contributed by atoms with Crippen LogP contribution in [0.15, 0.2) is 4.99 Å². The molecule has 1 aliphatic rings. The highest BCUT2D eigenvalue weighted by molar-refractivity contribution is 5.84. The second-order valence-electron chi connectivity index (χ2n) is 7.07. The molecule has 0 spiro atoms. The van der Waals surface area contributed by atoms with Gasteiger partial charge in [-0.3, -0.25) is 4.79 Å². The highest BCUT2D eigenvalue weighted by Gasteiger charge is 2.22. The summed E-state index contributed by atoms with van der Waals surface area (Å²) in [5.41, 5.74) is 0. The van der Waals surface area contributed by atoms with Crippen molar-refractivity contribution in [2.75, 3.05) is 27.2 Å².